The molecule has 4 heteroatoms. The van der Waals surface area contributed by atoms with Crippen LogP contribution in [0.3, 0.4) is 0 Å². The minimum atomic E-state index is 0.130. The Balaban J connectivity index is 1.62. The van der Waals surface area contributed by atoms with Crippen LogP contribution >= 0.6 is 0 Å². The lowest BCUT2D eigenvalue weighted by atomic mass is 9.66. The first-order valence-electron chi connectivity index (χ1n) is 7.40. The van der Waals surface area contributed by atoms with Gasteiger partial charge in [0, 0.05) is 25.6 Å². The summed E-state index contributed by atoms with van der Waals surface area (Å²) in [5, 5.41) is 3.05. The number of amides is 1. The Morgan fingerprint density at radius 1 is 1.44 bits per heavy atom. The highest BCUT2D eigenvalue weighted by atomic mass is 16.1. The lowest BCUT2D eigenvalue weighted by Crippen LogP contribution is -2.43. The maximum absolute atomic E-state index is 11.9. The van der Waals surface area contributed by atoms with Gasteiger partial charge in [-0.1, -0.05) is 13.3 Å². The molecule has 0 aromatic rings. The molecule has 2 rings (SSSR count). The molecule has 1 amide bonds. The summed E-state index contributed by atoms with van der Waals surface area (Å²) in [6.45, 7) is 5.71. The molecule has 18 heavy (non-hydrogen) atoms. The molecule has 0 aliphatic heterocycles. The highest BCUT2D eigenvalue weighted by molar-refractivity contribution is 5.76. The van der Waals surface area contributed by atoms with Crippen LogP contribution < -0.4 is 11.1 Å². The number of likely N-dealkylation sites (N-methyl/N-ethyl adjacent to an activating group) is 1. The predicted octanol–water partition coefficient (Wildman–Crippen LogP) is 1.11. The number of nitrogens with zero attached hydrogens (tertiary/aromatic N) is 1. The molecule has 0 saturated heterocycles. The second kappa shape index (κ2) is 6.02. The van der Waals surface area contributed by atoms with Gasteiger partial charge in [-0.3, -0.25) is 9.69 Å². The van der Waals surface area contributed by atoms with Crippen molar-refractivity contribution in [3.05, 3.63) is 0 Å². The van der Waals surface area contributed by atoms with Crippen LogP contribution in [0, 0.1) is 5.41 Å². The number of hydrogen-bond acceptors (Lipinski definition) is 3. The van der Waals surface area contributed by atoms with E-state index < -0.39 is 0 Å². The molecule has 2 aliphatic carbocycles. The Bertz CT molecular complexity index is 279. The molecule has 0 unspecified atom stereocenters. The second-order valence-corrected chi connectivity index (χ2v) is 5.94. The minimum Gasteiger partial charge on any atom is -0.355 e. The Morgan fingerprint density at radius 2 is 2.17 bits per heavy atom. The molecule has 0 bridgehead atoms. The monoisotopic (exact) mass is 253 g/mol. The third-order valence-corrected chi connectivity index (χ3v) is 4.57. The van der Waals surface area contributed by atoms with Crippen LogP contribution in [-0.2, 0) is 4.79 Å². The molecule has 0 aromatic heterocycles. The standard InChI is InChI=1S/C14H27N3O/c1-2-17(12-4-5-12)9-8-16-13(18)10-14(11-15)6-3-7-14/h12H,2-11,15H2,1H3,(H,16,18). The van der Waals surface area contributed by atoms with Gasteiger partial charge in [-0.25, -0.2) is 0 Å². The SMILES string of the molecule is CCN(CCNC(=O)CC1(CN)CCC1)C1CC1. The normalized spacial score (nSPS) is 21.7. The van der Waals surface area contributed by atoms with Gasteiger partial charge >= 0.3 is 0 Å². The molecule has 0 radical (unpaired) electrons. The number of nitrogens with one attached hydrogen (secondary N) is 1. The maximum Gasteiger partial charge on any atom is 0.220 e. The van der Waals surface area contributed by atoms with Crippen molar-refractivity contribution in [2.45, 2.75) is 51.5 Å². The van der Waals surface area contributed by atoms with Gasteiger partial charge in [-0.05, 0) is 44.2 Å². The third kappa shape index (κ3) is 3.45. The smallest absolute Gasteiger partial charge is 0.220 e. The summed E-state index contributed by atoms with van der Waals surface area (Å²) < 4.78 is 0. The number of carbonyl (C=O) groups excluding carboxylic acids is 1. The first kappa shape index (κ1) is 13.8. The molecular weight excluding hydrogens is 226 g/mol. The van der Waals surface area contributed by atoms with Crippen LogP contribution in [0.1, 0.15) is 45.4 Å². The fourth-order valence-corrected chi connectivity index (χ4v) is 2.91. The van der Waals surface area contributed by atoms with Crippen molar-refractivity contribution in [2.24, 2.45) is 11.1 Å². The van der Waals surface area contributed by atoms with E-state index in [0.717, 1.165) is 38.5 Å². The average Bonchev–Trinajstić information content (AvgIpc) is 3.13. The number of nitrogens with two attached hydrogens (primary N) is 1. The fraction of sp³-hybridized carbons (Fsp3) is 0.929. The molecule has 2 saturated carbocycles. The van der Waals surface area contributed by atoms with Gasteiger partial charge in [0.15, 0.2) is 0 Å². The van der Waals surface area contributed by atoms with E-state index >= 15 is 0 Å². The van der Waals surface area contributed by atoms with Crippen molar-refractivity contribution in [1.29, 1.82) is 0 Å². The molecular formula is C14H27N3O. The van der Waals surface area contributed by atoms with Gasteiger partial charge in [0.2, 0.25) is 5.91 Å². The van der Waals surface area contributed by atoms with E-state index in [-0.39, 0.29) is 11.3 Å². The van der Waals surface area contributed by atoms with Gasteiger partial charge in [-0.2, -0.15) is 0 Å². The molecule has 2 aliphatic rings. The molecule has 0 atom stereocenters. The van der Waals surface area contributed by atoms with Crippen molar-refractivity contribution >= 4 is 5.91 Å². The van der Waals surface area contributed by atoms with Crippen molar-refractivity contribution in [3.8, 4) is 0 Å². The largest absolute Gasteiger partial charge is 0.355 e. The Morgan fingerprint density at radius 3 is 2.61 bits per heavy atom. The highest BCUT2D eigenvalue weighted by Crippen LogP contribution is 2.42. The van der Waals surface area contributed by atoms with Crippen LogP contribution in [0.15, 0.2) is 0 Å². The van der Waals surface area contributed by atoms with Crippen LogP contribution in [0.25, 0.3) is 0 Å². The summed E-state index contributed by atoms with van der Waals surface area (Å²) in [4.78, 5) is 14.3. The third-order valence-electron chi connectivity index (χ3n) is 4.57. The van der Waals surface area contributed by atoms with Crippen LogP contribution in [0.2, 0.25) is 0 Å². The van der Waals surface area contributed by atoms with E-state index in [9.17, 15) is 4.79 Å². The van der Waals surface area contributed by atoms with Crippen LogP contribution in [0.5, 0.6) is 0 Å². The van der Waals surface area contributed by atoms with E-state index in [2.05, 4.69) is 17.1 Å². The quantitative estimate of drug-likeness (QED) is 0.681. The Labute approximate surface area is 110 Å². The van der Waals surface area contributed by atoms with E-state index in [1.165, 1.54) is 19.3 Å². The van der Waals surface area contributed by atoms with Crippen LogP contribution in [0.4, 0.5) is 0 Å². The van der Waals surface area contributed by atoms with E-state index in [0.29, 0.717) is 13.0 Å². The first-order chi connectivity index (χ1) is 8.69. The zero-order valence-corrected chi connectivity index (χ0v) is 11.6. The molecule has 0 spiro atoms. The molecule has 2 fully saturated rings. The lowest BCUT2D eigenvalue weighted by Gasteiger charge is -2.40. The maximum atomic E-state index is 11.9. The number of carbonyl (C=O) groups is 1. The van der Waals surface area contributed by atoms with Crippen molar-refractivity contribution in [3.63, 3.8) is 0 Å². The van der Waals surface area contributed by atoms with Gasteiger partial charge in [0.25, 0.3) is 0 Å². The number of hydrogen-bond donors (Lipinski definition) is 2. The predicted molar refractivity (Wildman–Crippen MR) is 73.2 cm³/mol. The van der Waals surface area contributed by atoms with Gasteiger partial charge < -0.3 is 11.1 Å². The van der Waals surface area contributed by atoms with Gasteiger partial charge in [0.1, 0.15) is 0 Å². The summed E-state index contributed by atoms with van der Waals surface area (Å²) in [6, 6.07) is 0.786. The van der Waals surface area contributed by atoms with E-state index in [4.69, 9.17) is 5.73 Å². The Kier molecular flexibility index (Phi) is 4.62. The molecule has 104 valence electrons. The summed E-state index contributed by atoms with van der Waals surface area (Å²) in [5.41, 5.74) is 5.91. The number of rotatable bonds is 8. The summed E-state index contributed by atoms with van der Waals surface area (Å²) >= 11 is 0. The fourth-order valence-electron chi connectivity index (χ4n) is 2.91. The topological polar surface area (TPSA) is 58.4 Å². The van der Waals surface area contributed by atoms with Gasteiger partial charge in [-0.15, -0.1) is 0 Å². The average molecular weight is 253 g/mol. The first-order valence-corrected chi connectivity index (χ1v) is 7.40. The van der Waals surface area contributed by atoms with Gasteiger partial charge in [0.05, 0.1) is 0 Å². The van der Waals surface area contributed by atoms with E-state index in [1.807, 2.05) is 0 Å². The zero-order valence-electron chi connectivity index (χ0n) is 11.6. The Hall–Kier alpha value is -0.610. The lowest BCUT2D eigenvalue weighted by molar-refractivity contribution is -0.124. The molecule has 3 N–H and O–H groups in total. The van der Waals surface area contributed by atoms with Crippen molar-refractivity contribution in [1.82, 2.24) is 10.2 Å². The summed E-state index contributed by atoms with van der Waals surface area (Å²) in [7, 11) is 0. The molecule has 0 aromatic carbocycles. The molecule has 4 nitrogen and oxygen atoms in total. The zero-order chi connectivity index (χ0) is 13.0. The second-order valence-electron chi connectivity index (χ2n) is 5.94. The molecule has 0 heterocycles. The van der Waals surface area contributed by atoms with Crippen LogP contribution in [-0.4, -0.2) is 43.0 Å². The highest BCUT2D eigenvalue weighted by Gasteiger charge is 2.37. The minimum absolute atomic E-state index is 0.130. The van der Waals surface area contributed by atoms with Crippen molar-refractivity contribution < 1.29 is 4.79 Å². The van der Waals surface area contributed by atoms with Crippen molar-refractivity contribution in [2.75, 3.05) is 26.2 Å². The van der Waals surface area contributed by atoms with E-state index in [1.54, 1.807) is 0 Å². The summed E-state index contributed by atoms with van der Waals surface area (Å²) in [5.74, 6) is 0.187. The summed E-state index contributed by atoms with van der Waals surface area (Å²) in [6.07, 6.45) is 6.77.